The van der Waals surface area contributed by atoms with Crippen molar-refractivity contribution in [1.29, 1.82) is 0 Å². The number of sulfonamides is 1. The number of hydrogen-bond donors (Lipinski definition) is 1. The number of hydrogen-bond acceptors (Lipinski definition) is 5. The number of carbonyl (C=O) groups excluding carboxylic acids is 1. The first-order chi connectivity index (χ1) is 9.62. The SMILES string of the molecule is COC(=O)c1ccc(S(=O)(=O)N(C)C(C)C(=O)O)cc1C. The standard InChI is InChI=1S/C13H17NO6S/c1-8-7-10(5-6-11(8)13(17)20-4)21(18,19)14(3)9(2)12(15)16/h5-7,9H,1-4H3,(H,15,16). The summed E-state index contributed by atoms with van der Waals surface area (Å²) < 4.78 is 30.0. The van der Waals surface area contributed by atoms with E-state index in [-0.39, 0.29) is 10.5 Å². The first kappa shape index (κ1) is 17.1. The van der Waals surface area contributed by atoms with Gasteiger partial charge >= 0.3 is 11.9 Å². The molecule has 0 bridgehead atoms. The van der Waals surface area contributed by atoms with Crippen LogP contribution < -0.4 is 0 Å². The number of likely N-dealkylation sites (N-methyl/N-ethyl adjacent to an activating group) is 1. The Morgan fingerprint density at radius 3 is 2.33 bits per heavy atom. The van der Waals surface area contributed by atoms with Crippen molar-refractivity contribution in [3.05, 3.63) is 29.3 Å². The molecule has 0 heterocycles. The molecule has 0 spiro atoms. The molecule has 0 saturated carbocycles. The van der Waals surface area contributed by atoms with E-state index in [9.17, 15) is 18.0 Å². The van der Waals surface area contributed by atoms with E-state index in [0.29, 0.717) is 5.56 Å². The third-order valence-electron chi connectivity index (χ3n) is 3.18. The minimum absolute atomic E-state index is 0.0803. The fraction of sp³-hybridized carbons (Fsp3) is 0.385. The van der Waals surface area contributed by atoms with Gasteiger partial charge < -0.3 is 9.84 Å². The fourth-order valence-corrected chi connectivity index (χ4v) is 3.07. The molecule has 1 N–H and O–H groups in total. The van der Waals surface area contributed by atoms with Crippen LogP contribution in [-0.4, -0.2) is 50.0 Å². The highest BCUT2D eigenvalue weighted by atomic mass is 32.2. The van der Waals surface area contributed by atoms with Crippen LogP contribution in [0.15, 0.2) is 23.1 Å². The zero-order valence-electron chi connectivity index (χ0n) is 12.2. The van der Waals surface area contributed by atoms with Crippen LogP contribution in [0.25, 0.3) is 0 Å². The summed E-state index contributed by atoms with van der Waals surface area (Å²) in [7, 11) is -1.53. The second kappa shape index (κ2) is 6.23. The maximum absolute atomic E-state index is 12.3. The summed E-state index contributed by atoms with van der Waals surface area (Å²) in [5, 5.41) is 8.90. The number of ether oxygens (including phenoxy) is 1. The number of methoxy groups -OCH3 is 1. The molecule has 1 unspecified atom stereocenters. The molecule has 7 nitrogen and oxygen atoms in total. The highest BCUT2D eigenvalue weighted by Crippen LogP contribution is 2.20. The average Bonchev–Trinajstić information content (AvgIpc) is 2.44. The predicted molar refractivity (Wildman–Crippen MR) is 74.6 cm³/mol. The summed E-state index contributed by atoms with van der Waals surface area (Å²) in [6, 6.07) is 2.70. The van der Waals surface area contributed by atoms with Crippen LogP contribution in [0.4, 0.5) is 0 Å². The quantitative estimate of drug-likeness (QED) is 0.809. The molecule has 1 aromatic carbocycles. The van der Waals surface area contributed by atoms with Gasteiger partial charge in [-0.25, -0.2) is 13.2 Å². The molecule has 0 fully saturated rings. The minimum atomic E-state index is -3.95. The second-order valence-corrected chi connectivity index (χ2v) is 6.50. The summed E-state index contributed by atoms with van der Waals surface area (Å²) in [5.41, 5.74) is 0.685. The Morgan fingerprint density at radius 2 is 1.90 bits per heavy atom. The van der Waals surface area contributed by atoms with Crippen LogP contribution in [0.3, 0.4) is 0 Å². The van der Waals surface area contributed by atoms with Crippen molar-refractivity contribution in [3.8, 4) is 0 Å². The molecule has 1 atom stereocenters. The van der Waals surface area contributed by atoms with Crippen LogP contribution >= 0.6 is 0 Å². The van der Waals surface area contributed by atoms with Gasteiger partial charge in [0.2, 0.25) is 10.0 Å². The number of nitrogens with zero attached hydrogens (tertiary/aromatic N) is 1. The maximum atomic E-state index is 12.3. The molecule has 0 saturated heterocycles. The van der Waals surface area contributed by atoms with Crippen molar-refractivity contribution in [2.24, 2.45) is 0 Å². The highest BCUT2D eigenvalue weighted by Gasteiger charge is 2.29. The zero-order valence-corrected chi connectivity index (χ0v) is 13.0. The lowest BCUT2D eigenvalue weighted by Gasteiger charge is -2.21. The monoisotopic (exact) mass is 315 g/mol. The van der Waals surface area contributed by atoms with E-state index in [1.165, 1.54) is 39.3 Å². The summed E-state index contributed by atoms with van der Waals surface area (Å²) in [6.07, 6.45) is 0. The molecular weight excluding hydrogens is 298 g/mol. The molecule has 1 aromatic rings. The number of carboxylic acids is 1. The minimum Gasteiger partial charge on any atom is -0.480 e. The van der Waals surface area contributed by atoms with E-state index in [4.69, 9.17) is 5.11 Å². The lowest BCUT2D eigenvalue weighted by Crippen LogP contribution is -2.40. The summed E-state index contributed by atoms with van der Waals surface area (Å²) in [5.74, 6) is -1.81. The van der Waals surface area contributed by atoms with Crippen molar-refractivity contribution in [1.82, 2.24) is 4.31 Å². The number of rotatable bonds is 5. The van der Waals surface area contributed by atoms with Gasteiger partial charge in [-0.05, 0) is 37.6 Å². The predicted octanol–water partition coefficient (Wildman–Crippen LogP) is 0.875. The van der Waals surface area contributed by atoms with Crippen LogP contribution in [0.2, 0.25) is 0 Å². The number of carbonyl (C=O) groups is 2. The van der Waals surface area contributed by atoms with Gasteiger partial charge in [-0.3, -0.25) is 4.79 Å². The molecule has 116 valence electrons. The van der Waals surface area contributed by atoms with Gasteiger partial charge in [0.25, 0.3) is 0 Å². The highest BCUT2D eigenvalue weighted by molar-refractivity contribution is 7.89. The van der Waals surface area contributed by atoms with Gasteiger partial charge in [0.15, 0.2) is 0 Å². The Hall–Kier alpha value is -1.93. The van der Waals surface area contributed by atoms with Crippen molar-refractivity contribution >= 4 is 22.0 Å². The van der Waals surface area contributed by atoms with E-state index < -0.39 is 28.0 Å². The van der Waals surface area contributed by atoms with Gasteiger partial charge in [0.1, 0.15) is 6.04 Å². The van der Waals surface area contributed by atoms with Gasteiger partial charge in [0.05, 0.1) is 17.6 Å². The number of carboxylic acid groups (broad SMARTS) is 1. The zero-order chi connectivity index (χ0) is 16.4. The molecule has 0 aliphatic rings. The van der Waals surface area contributed by atoms with E-state index in [1.54, 1.807) is 6.92 Å². The smallest absolute Gasteiger partial charge is 0.338 e. The van der Waals surface area contributed by atoms with Gasteiger partial charge in [-0.2, -0.15) is 4.31 Å². The summed E-state index contributed by atoms with van der Waals surface area (Å²) >= 11 is 0. The normalized spacial score (nSPS) is 13.0. The summed E-state index contributed by atoms with van der Waals surface area (Å²) in [4.78, 5) is 22.3. The van der Waals surface area contributed by atoms with E-state index in [0.717, 1.165) is 4.31 Å². The first-order valence-electron chi connectivity index (χ1n) is 6.02. The number of aryl methyl sites for hydroxylation is 1. The Balaban J connectivity index is 3.25. The van der Waals surface area contributed by atoms with Gasteiger partial charge in [-0.1, -0.05) is 0 Å². The van der Waals surface area contributed by atoms with Crippen molar-refractivity contribution < 1.29 is 27.9 Å². The third-order valence-corrected chi connectivity index (χ3v) is 5.11. The number of benzene rings is 1. The molecule has 0 amide bonds. The van der Waals surface area contributed by atoms with Gasteiger partial charge in [0, 0.05) is 7.05 Å². The number of esters is 1. The van der Waals surface area contributed by atoms with Crippen LogP contribution in [0.1, 0.15) is 22.8 Å². The van der Waals surface area contributed by atoms with Crippen LogP contribution in [0, 0.1) is 6.92 Å². The van der Waals surface area contributed by atoms with Crippen LogP contribution in [-0.2, 0) is 19.6 Å². The Bertz CT molecular complexity index is 667. The van der Waals surface area contributed by atoms with Crippen molar-refractivity contribution in [2.45, 2.75) is 24.8 Å². The molecule has 8 heteroatoms. The largest absolute Gasteiger partial charge is 0.480 e. The lowest BCUT2D eigenvalue weighted by atomic mass is 10.1. The average molecular weight is 315 g/mol. The van der Waals surface area contributed by atoms with Crippen LogP contribution in [0.5, 0.6) is 0 Å². The third kappa shape index (κ3) is 3.40. The molecule has 21 heavy (non-hydrogen) atoms. The first-order valence-corrected chi connectivity index (χ1v) is 7.46. The number of aliphatic carboxylic acids is 1. The summed E-state index contributed by atoms with van der Waals surface area (Å²) in [6.45, 7) is 2.85. The Kier molecular flexibility index (Phi) is 5.08. The maximum Gasteiger partial charge on any atom is 0.338 e. The van der Waals surface area contributed by atoms with E-state index in [2.05, 4.69) is 4.74 Å². The topological polar surface area (TPSA) is 101 Å². The van der Waals surface area contributed by atoms with E-state index >= 15 is 0 Å². The Morgan fingerprint density at radius 1 is 1.33 bits per heavy atom. The molecule has 0 aliphatic carbocycles. The molecule has 0 radical (unpaired) electrons. The molecule has 0 aliphatic heterocycles. The van der Waals surface area contributed by atoms with Crippen molar-refractivity contribution in [2.75, 3.05) is 14.2 Å². The van der Waals surface area contributed by atoms with E-state index in [1.807, 2.05) is 0 Å². The van der Waals surface area contributed by atoms with Gasteiger partial charge in [-0.15, -0.1) is 0 Å². The van der Waals surface area contributed by atoms with Crippen molar-refractivity contribution in [3.63, 3.8) is 0 Å². The molecule has 0 aromatic heterocycles. The molecule has 1 rings (SSSR count). The lowest BCUT2D eigenvalue weighted by molar-refractivity contribution is -0.140. The Labute approximate surface area is 123 Å². The molecular formula is C13H17NO6S. The second-order valence-electron chi connectivity index (χ2n) is 4.50. The fourth-order valence-electron chi connectivity index (χ4n) is 1.67.